The van der Waals surface area contributed by atoms with Gasteiger partial charge in [-0.05, 0) is 53.4 Å². The van der Waals surface area contributed by atoms with E-state index in [1.54, 1.807) is 17.8 Å². The topological polar surface area (TPSA) is 80.9 Å². The summed E-state index contributed by atoms with van der Waals surface area (Å²) in [7, 11) is 4.04. The van der Waals surface area contributed by atoms with E-state index in [9.17, 15) is 5.11 Å². The van der Waals surface area contributed by atoms with Crippen LogP contribution in [0.5, 0.6) is 0 Å². The molecule has 0 aromatic carbocycles. The Labute approximate surface area is 186 Å². The van der Waals surface area contributed by atoms with Crippen molar-refractivity contribution in [3.05, 3.63) is 18.0 Å². The minimum atomic E-state index is -1.03. The van der Waals surface area contributed by atoms with E-state index >= 15 is 0 Å². The number of aryl methyl sites for hydroxylation is 1. The number of aliphatic imine (C=N–C) groups is 1. The van der Waals surface area contributed by atoms with Crippen LogP contribution in [0.4, 0.5) is 0 Å². The minimum absolute atomic E-state index is 0. The molecule has 0 bridgehead atoms. The predicted molar refractivity (Wildman–Crippen MR) is 125 cm³/mol. The number of likely N-dealkylation sites (N-methyl/N-ethyl adjacent to an activating group) is 1. The molecular weight excluding hydrogens is 469 g/mol. The standard InChI is InChI=1S/C19H37N7O.HI/c1-5-20-18(22-16-19(2,27)17-14-23-25(4)15-17)21-8-6-10-26-11-7-9-24(3)12-13-26;/h14-15,27H,5-13,16H2,1-4H3,(H2,20,21,22);1H. The highest BCUT2D eigenvalue weighted by molar-refractivity contribution is 14.0. The van der Waals surface area contributed by atoms with E-state index < -0.39 is 5.60 Å². The summed E-state index contributed by atoms with van der Waals surface area (Å²) in [4.78, 5) is 9.52. The van der Waals surface area contributed by atoms with E-state index in [1.807, 2.05) is 20.2 Å². The molecule has 1 fully saturated rings. The Morgan fingerprint density at radius 3 is 2.71 bits per heavy atom. The maximum atomic E-state index is 10.7. The van der Waals surface area contributed by atoms with Crippen LogP contribution < -0.4 is 10.6 Å². The number of aromatic nitrogens is 2. The van der Waals surface area contributed by atoms with Crippen LogP contribution in [-0.2, 0) is 12.6 Å². The molecule has 1 atom stereocenters. The molecule has 8 nitrogen and oxygen atoms in total. The highest BCUT2D eigenvalue weighted by atomic mass is 127. The van der Waals surface area contributed by atoms with Gasteiger partial charge < -0.3 is 25.5 Å². The van der Waals surface area contributed by atoms with Gasteiger partial charge in [0.25, 0.3) is 0 Å². The first-order chi connectivity index (χ1) is 12.9. The van der Waals surface area contributed by atoms with Crippen LogP contribution >= 0.6 is 24.0 Å². The Morgan fingerprint density at radius 1 is 1.25 bits per heavy atom. The summed E-state index contributed by atoms with van der Waals surface area (Å²) >= 11 is 0. The molecule has 0 amide bonds. The van der Waals surface area contributed by atoms with E-state index in [0.29, 0.717) is 0 Å². The van der Waals surface area contributed by atoms with E-state index in [0.717, 1.165) is 50.7 Å². The second kappa shape index (κ2) is 12.6. The Bertz CT molecular complexity index is 591. The Kier molecular flexibility index (Phi) is 11.3. The average Bonchev–Trinajstić information content (AvgIpc) is 2.97. The van der Waals surface area contributed by atoms with Crippen molar-refractivity contribution in [1.29, 1.82) is 0 Å². The van der Waals surface area contributed by atoms with Gasteiger partial charge in [-0.2, -0.15) is 5.10 Å². The summed E-state index contributed by atoms with van der Waals surface area (Å²) in [6.45, 7) is 11.6. The van der Waals surface area contributed by atoms with E-state index in [1.165, 1.54) is 19.5 Å². The van der Waals surface area contributed by atoms with Gasteiger partial charge in [-0.3, -0.25) is 4.68 Å². The van der Waals surface area contributed by atoms with Crippen LogP contribution in [0.2, 0.25) is 0 Å². The Hall–Kier alpha value is -0.910. The summed E-state index contributed by atoms with van der Waals surface area (Å²) in [5.41, 5.74) is -0.259. The average molecular weight is 507 g/mol. The summed E-state index contributed by atoms with van der Waals surface area (Å²) in [5, 5.41) is 21.4. The lowest BCUT2D eigenvalue weighted by Crippen LogP contribution is -2.40. The van der Waals surface area contributed by atoms with Gasteiger partial charge in [0.2, 0.25) is 0 Å². The molecule has 0 spiro atoms. The molecule has 1 saturated heterocycles. The molecule has 9 heteroatoms. The van der Waals surface area contributed by atoms with Crippen molar-refractivity contribution in [2.45, 2.75) is 32.3 Å². The van der Waals surface area contributed by atoms with Gasteiger partial charge >= 0.3 is 0 Å². The first-order valence-electron chi connectivity index (χ1n) is 10.1. The van der Waals surface area contributed by atoms with Crippen LogP contribution in [-0.4, -0.2) is 90.1 Å². The number of halogens is 1. The number of hydrogen-bond acceptors (Lipinski definition) is 5. The van der Waals surface area contributed by atoms with Crippen molar-refractivity contribution in [2.24, 2.45) is 12.0 Å². The molecule has 3 N–H and O–H groups in total. The zero-order valence-electron chi connectivity index (χ0n) is 17.8. The Balaban J connectivity index is 0.00000392. The molecule has 0 aliphatic carbocycles. The van der Waals surface area contributed by atoms with Crippen molar-refractivity contribution >= 4 is 29.9 Å². The lowest BCUT2D eigenvalue weighted by atomic mass is 10.0. The molecule has 2 rings (SSSR count). The maximum absolute atomic E-state index is 10.7. The van der Waals surface area contributed by atoms with Crippen LogP contribution in [0.1, 0.15) is 32.3 Å². The molecule has 1 aromatic heterocycles. The quantitative estimate of drug-likeness (QED) is 0.209. The SMILES string of the molecule is CCNC(=NCC(C)(O)c1cnn(C)c1)NCCCN1CCCN(C)CC1.I. The maximum Gasteiger partial charge on any atom is 0.191 e. The number of aliphatic hydroxyl groups is 1. The third-order valence-electron chi connectivity index (χ3n) is 4.97. The van der Waals surface area contributed by atoms with Gasteiger partial charge in [-0.25, -0.2) is 4.99 Å². The lowest BCUT2D eigenvalue weighted by molar-refractivity contribution is 0.0672. The van der Waals surface area contributed by atoms with Crippen molar-refractivity contribution in [3.63, 3.8) is 0 Å². The highest BCUT2D eigenvalue weighted by Crippen LogP contribution is 2.19. The fourth-order valence-corrected chi connectivity index (χ4v) is 3.20. The molecule has 1 unspecified atom stereocenters. The van der Waals surface area contributed by atoms with Gasteiger partial charge in [0.05, 0.1) is 12.7 Å². The highest BCUT2D eigenvalue weighted by Gasteiger charge is 2.24. The third kappa shape index (κ3) is 8.62. The van der Waals surface area contributed by atoms with E-state index in [-0.39, 0.29) is 30.5 Å². The molecule has 162 valence electrons. The van der Waals surface area contributed by atoms with Crippen molar-refractivity contribution < 1.29 is 5.11 Å². The third-order valence-corrected chi connectivity index (χ3v) is 4.97. The minimum Gasteiger partial charge on any atom is -0.383 e. The van der Waals surface area contributed by atoms with Crippen molar-refractivity contribution in [3.8, 4) is 0 Å². The zero-order valence-corrected chi connectivity index (χ0v) is 20.1. The molecule has 1 aliphatic rings. The summed E-state index contributed by atoms with van der Waals surface area (Å²) in [6.07, 6.45) is 5.84. The van der Waals surface area contributed by atoms with Crippen LogP contribution in [0, 0.1) is 0 Å². The van der Waals surface area contributed by atoms with Gasteiger partial charge in [-0.1, -0.05) is 0 Å². The van der Waals surface area contributed by atoms with Crippen LogP contribution in [0.25, 0.3) is 0 Å². The summed E-state index contributed by atoms with van der Waals surface area (Å²) < 4.78 is 1.69. The van der Waals surface area contributed by atoms with Crippen molar-refractivity contribution in [1.82, 2.24) is 30.2 Å². The molecule has 0 radical (unpaired) electrons. The number of hydrogen-bond donors (Lipinski definition) is 3. The molecule has 2 heterocycles. The van der Waals surface area contributed by atoms with Gasteiger partial charge in [0.15, 0.2) is 5.96 Å². The van der Waals surface area contributed by atoms with Gasteiger partial charge in [0.1, 0.15) is 5.60 Å². The van der Waals surface area contributed by atoms with Crippen LogP contribution in [0.3, 0.4) is 0 Å². The fourth-order valence-electron chi connectivity index (χ4n) is 3.20. The second-order valence-electron chi connectivity index (χ2n) is 7.65. The first kappa shape index (κ1) is 25.1. The lowest BCUT2D eigenvalue weighted by Gasteiger charge is -2.21. The normalized spacial score (nSPS) is 18.8. The van der Waals surface area contributed by atoms with Gasteiger partial charge in [-0.15, -0.1) is 24.0 Å². The van der Waals surface area contributed by atoms with Gasteiger partial charge in [0, 0.05) is 45.0 Å². The fraction of sp³-hybridized carbons (Fsp3) is 0.789. The Morgan fingerprint density at radius 2 is 2.04 bits per heavy atom. The second-order valence-corrected chi connectivity index (χ2v) is 7.65. The smallest absolute Gasteiger partial charge is 0.191 e. The molecule has 1 aromatic rings. The van der Waals surface area contributed by atoms with E-state index in [2.05, 4.69) is 37.6 Å². The molecule has 28 heavy (non-hydrogen) atoms. The number of nitrogens with zero attached hydrogens (tertiary/aromatic N) is 5. The van der Waals surface area contributed by atoms with Crippen LogP contribution in [0.15, 0.2) is 17.4 Å². The monoisotopic (exact) mass is 507 g/mol. The largest absolute Gasteiger partial charge is 0.383 e. The predicted octanol–water partition coefficient (Wildman–Crippen LogP) is 0.828. The summed E-state index contributed by atoms with van der Waals surface area (Å²) in [5.74, 6) is 0.747. The number of guanidine groups is 1. The number of nitrogens with one attached hydrogen (secondary N) is 2. The molecular formula is C19H38IN7O. The molecule has 0 saturated carbocycles. The zero-order chi connectivity index (χ0) is 19.7. The number of rotatable bonds is 8. The van der Waals surface area contributed by atoms with E-state index in [4.69, 9.17) is 0 Å². The first-order valence-corrected chi connectivity index (χ1v) is 10.1. The molecule has 1 aliphatic heterocycles. The van der Waals surface area contributed by atoms with Crippen molar-refractivity contribution in [2.75, 3.05) is 59.4 Å². The summed E-state index contributed by atoms with van der Waals surface area (Å²) in [6, 6.07) is 0.